The lowest BCUT2D eigenvalue weighted by molar-refractivity contribution is -0.122. The molecule has 1 saturated heterocycles. The van der Waals surface area contributed by atoms with Crippen LogP contribution in [0, 0.1) is 0 Å². The quantitative estimate of drug-likeness (QED) is 0.404. The summed E-state index contributed by atoms with van der Waals surface area (Å²) in [6.45, 7) is 0.290. The maximum atomic E-state index is 13.0. The van der Waals surface area contributed by atoms with Gasteiger partial charge in [-0.2, -0.15) is 0 Å². The van der Waals surface area contributed by atoms with E-state index in [1.54, 1.807) is 30.3 Å². The summed E-state index contributed by atoms with van der Waals surface area (Å²) in [7, 11) is 1.48. The summed E-state index contributed by atoms with van der Waals surface area (Å²) in [5.41, 5.74) is 1.39. The second kappa shape index (κ2) is 9.68. The van der Waals surface area contributed by atoms with Crippen molar-refractivity contribution in [3.05, 3.63) is 88.5 Å². The normalized spacial score (nSPS) is 14.8. The van der Waals surface area contributed by atoms with Gasteiger partial charge in [-0.25, -0.2) is 9.69 Å². The van der Waals surface area contributed by atoms with E-state index in [1.807, 2.05) is 12.1 Å². The Kier molecular flexibility index (Phi) is 6.51. The lowest BCUT2D eigenvalue weighted by atomic mass is 10.1. The fourth-order valence-electron chi connectivity index (χ4n) is 3.30. The molecule has 3 aromatic carbocycles. The molecule has 34 heavy (non-hydrogen) atoms. The van der Waals surface area contributed by atoms with Gasteiger partial charge >= 0.3 is 6.03 Å². The number of halogens is 1. The molecule has 8 nitrogen and oxygen atoms in total. The van der Waals surface area contributed by atoms with Gasteiger partial charge in [0.1, 0.15) is 17.9 Å². The largest absolute Gasteiger partial charge is 0.508 e. The number of hydrogen-bond donors (Lipinski definition) is 2. The van der Waals surface area contributed by atoms with Crippen LogP contribution in [0.1, 0.15) is 11.1 Å². The van der Waals surface area contributed by atoms with Crippen LogP contribution < -0.4 is 19.7 Å². The number of anilines is 1. The summed E-state index contributed by atoms with van der Waals surface area (Å²) in [6, 6.07) is 16.8. The number of carbonyl (C=O) groups is 3. The smallest absolute Gasteiger partial charge is 0.335 e. The number of ether oxygens (including phenoxy) is 2. The summed E-state index contributed by atoms with van der Waals surface area (Å²) < 4.78 is 11.2. The molecular weight excluding hydrogens is 460 g/mol. The van der Waals surface area contributed by atoms with Crippen LogP contribution in [0.25, 0.3) is 6.08 Å². The molecule has 0 unspecified atom stereocenters. The molecule has 172 valence electrons. The molecule has 1 aliphatic heterocycles. The van der Waals surface area contributed by atoms with E-state index in [0.717, 1.165) is 10.5 Å². The third-order valence-corrected chi connectivity index (χ3v) is 5.27. The molecule has 1 aliphatic rings. The van der Waals surface area contributed by atoms with Crippen molar-refractivity contribution in [3.63, 3.8) is 0 Å². The molecule has 0 aromatic heterocycles. The Hall–Kier alpha value is -4.30. The van der Waals surface area contributed by atoms with E-state index in [-0.39, 0.29) is 17.0 Å². The highest BCUT2D eigenvalue weighted by Crippen LogP contribution is 2.31. The van der Waals surface area contributed by atoms with Gasteiger partial charge in [-0.3, -0.25) is 14.9 Å². The van der Waals surface area contributed by atoms with Crippen LogP contribution in [0.15, 0.2) is 72.3 Å². The maximum Gasteiger partial charge on any atom is 0.335 e. The lowest BCUT2D eigenvalue weighted by Gasteiger charge is -2.26. The highest BCUT2D eigenvalue weighted by Gasteiger charge is 2.36. The van der Waals surface area contributed by atoms with E-state index in [9.17, 15) is 19.5 Å². The summed E-state index contributed by atoms with van der Waals surface area (Å²) in [5, 5.41) is 12.3. The third kappa shape index (κ3) is 4.87. The molecule has 1 heterocycles. The average molecular weight is 479 g/mol. The first kappa shape index (κ1) is 22.9. The van der Waals surface area contributed by atoms with Gasteiger partial charge in [-0.05, 0) is 65.7 Å². The molecule has 0 saturated carbocycles. The average Bonchev–Trinajstić information content (AvgIpc) is 2.83. The van der Waals surface area contributed by atoms with Gasteiger partial charge in [0.2, 0.25) is 0 Å². The number of imide groups is 2. The summed E-state index contributed by atoms with van der Waals surface area (Å²) in [4.78, 5) is 38.5. The van der Waals surface area contributed by atoms with Crippen LogP contribution in [0.5, 0.6) is 17.2 Å². The number of hydrogen-bond acceptors (Lipinski definition) is 6. The summed E-state index contributed by atoms with van der Waals surface area (Å²) >= 11 is 5.90. The molecule has 2 N–H and O–H groups in total. The number of urea groups is 1. The minimum Gasteiger partial charge on any atom is -0.508 e. The molecule has 0 atom stereocenters. The van der Waals surface area contributed by atoms with Crippen molar-refractivity contribution in [3.8, 4) is 17.2 Å². The van der Waals surface area contributed by atoms with Crippen LogP contribution in [0.3, 0.4) is 0 Å². The Labute approximate surface area is 200 Å². The van der Waals surface area contributed by atoms with Crippen LogP contribution in [0.4, 0.5) is 10.5 Å². The molecule has 0 bridgehead atoms. The Morgan fingerprint density at radius 1 is 0.971 bits per heavy atom. The second-order valence-electron chi connectivity index (χ2n) is 7.30. The second-order valence-corrected chi connectivity index (χ2v) is 7.74. The topological polar surface area (TPSA) is 105 Å². The van der Waals surface area contributed by atoms with Crippen molar-refractivity contribution in [2.75, 3.05) is 12.0 Å². The zero-order valence-electron chi connectivity index (χ0n) is 17.9. The Morgan fingerprint density at radius 2 is 1.68 bits per heavy atom. The highest BCUT2D eigenvalue weighted by molar-refractivity contribution is 6.39. The predicted molar refractivity (Wildman–Crippen MR) is 126 cm³/mol. The van der Waals surface area contributed by atoms with Gasteiger partial charge in [-0.15, -0.1) is 0 Å². The number of carbonyl (C=O) groups excluding carboxylic acids is 3. The first-order valence-corrected chi connectivity index (χ1v) is 10.5. The van der Waals surface area contributed by atoms with Crippen molar-refractivity contribution < 1.29 is 29.0 Å². The van der Waals surface area contributed by atoms with E-state index in [0.29, 0.717) is 28.7 Å². The minimum atomic E-state index is -0.874. The van der Waals surface area contributed by atoms with Gasteiger partial charge in [0.05, 0.1) is 12.8 Å². The minimum absolute atomic E-state index is 0.0223. The first-order valence-electron chi connectivity index (χ1n) is 10.1. The number of nitrogens with zero attached hydrogens (tertiary/aromatic N) is 1. The number of phenolic OH excluding ortho intramolecular Hbond substituents is 1. The molecule has 3 aromatic rings. The lowest BCUT2D eigenvalue weighted by Crippen LogP contribution is -2.54. The number of rotatable bonds is 6. The van der Waals surface area contributed by atoms with E-state index in [1.165, 1.54) is 37.5 Å². The molecule has 0 radical (unpaired) electrons. The van der Waals surface area contributed by atoms with Gasteiger partial charge < -0.3 is 14.6 Å². The van der Waals surface area contributed by atoms with E-state index in [4.69, 9.17) is 21.1 Å². The van der Waals surface area contributed by atoms with E-state index < -0.39 is 17.8 Å². The molecule has 4 amide bonds. The van der Waals surface area contributed by atoms with Crippen molar-refractivity contribution in [1.29, 1.82) is 0 Å². The number of aromatic hydroxyl groups is 1. The monoisotopic (exact) mass is 478 g/mol. The first-order chi connectivity index (χ1) is 16.4. The van der Waals surface area contributed by atoms with Gasteiger partial charge in [-0.1, -0.05) is 29.8 Å². The molecule has 0 aliphatic carbocycles. The molecule has 9 heteroatoms. The van der Waals surface area contributed by atoms with Gasteiger partial charge in [0.25, 0.3) is 11.8 Å². The number of methoxy groups -OCH3 is 1. The molecule has 1 fully saturated rings. The third-order valence-electron chi connectivity index (χ3n) is 5.02. The number of barbiturate groups is 1. The molecule has 0 spiro atoms. The zero-order chi connectivity index (χ0) is 24.2. The molecular formula is C25H19ClN2O6. The SMILES string of the molecule is COc1cc(/C=C2\C(=O)NC(=O)N(c3ccc(O)cc3)C2=O)ccc1OCc1ccc(Cl)cc1. The number of benzene rings is 3. The standard InChI is InChI=1S/C25H19ClN2O6/c1-33-22-13-16(4-11-21(22)34-14-15-2-5-17(26)6-3-15)12-20-23(30)27-25(32)28(24(20)31)18-7-9-19(29)10-8-18/h2-13,29H,14H2,1H3,(H,27,30,32)/b20-12+. The summed E-state index contributed by atoms with van der Waals surface area (Å²) in [5.74, 6) is -0.752. The number of nitrogens with one attached hydrogen (secondary N) is 1. The Morgan fingerprint density at radius 3 is 2.35 bits per heavy atom. The van der Waals surface area contributed by atoms with Crippen LogP contribution in [-0.2, 0) is 16.2 Å². The van der Waals surface area contributed by atoms with Crippen LogP contribution in [-0.4, -0.2) is 30.1 Å². The van der Waals surface area contributed by atoms with Crippen LogP contribution >= 0.6 is 11.6 Å². The van der Waals surface area contributed by atoms with E-state index >= 15 is 0 Å². The fraction of sp³-hybridized carbons (Fsp3) is 0.0800. The number of amides is 4. The number of phenols is 1. The van der Waals surface area contributed by atoms with Crippen molar-refractivity contribution in [2.24, 2.45) is 0 Å². The highest BCUT2D eigenvalue weighted by atomic mass is 35.5. The fourth-order valence-corrected chi connectivity index (χ4v) is 3.42. The van der Waals surface area contributed by atoms with Crippen LogP contribution in [0.2, 0.25) is 5.02 Å². The van der Waals surface area contributed by atoms with Gasteiger partial charge in [0.15, 0.2) is 11.5 Å². The van der Waals surface area contributed by atoms with Crippen molar-refractivity contribution >= 4 is 41.2 Å². The maximum absolute atomic E-state index is 13.0. The zero-order valence-corrected chi connectivity index (χ0v) is 18.7. The van der Waals surface area contributed by atoms with E-state index in [2.05, 4.69) is 5.32 Å². The van der Waals surface area contributed by atoms with Crippen molar-refractivity contribution in [2.45, 2.75) is 6.61 Å². The summed E-state index contributed by atoms with van der Waals surface area (Å²) in [6.07, 6.45) is 1.36. The van der Waals surface area contributed by atoms with Gasteiger partial charge in [0, 0.05) is 5.02 Å². The Bertz CT molecular complexity index is 1290. The Balaban J connectivity index is 1.58. The van der Waals surface area contributed by atoms with Crippen molar-refractivity contribution in [1.82, 2.24) is 5.32 Å². The predicted octanol–water partition coefficient (Wildman–Crippen LogP) is 4.30. The molecule has 4 rings (SSSR count).